The van der Waals surface area contributed by atoms with Gasteiger partial charge in [-0.25, -0.2) is 0 Å². The molecule has 1 unspecified atom stereocenters. The van der Waals surface area contributed by atoms with E-state index in [1.807, 2.05) is 18.2 Å². The second-order valence-electron chi connectivity index (χ2n) is 7.76. The minimum Gasteiger partial charge on any atom is -0.389 e. The number of nitrogens with zero attached hydrogens (tertiary/aromatic N) is 2. The molecule has 0 amide bonds. The van der Waals surface area contributed by atoms with Gasteiger partial charge < -0.3 is 14.7 Å². The maximum atomic E-state index is 10.2. The van der Waals surface area contributed by atoms with Crippen molar-refractivity contribution < 1.29 is 9.84 Å². The van der Waals surface area contributed by atoms with Crippen molar-refractivity contribution in [2.45, 2.75) is 44.8 Å². The molecule has 1 aromatic rings. The van der Waals surface area contributed by atoms with Gasteiger partial charge in [-0.3, -0.25) is 4.90 Å². The predicted octanol–water partition coefficient (Wildman–Crippen LogP) is 2.76. The monoisotopic (exact) mass is 346 g/mol. The lowest BCUT2D eigenvalue weighted by Gasteiger charge is -2.37. The maximum absolute atomic E-state index is 10.2. The van der Waals surface area contributed by atoms with Crippen molar-refractivity contribution in [3.63, 3.8) is 0 Å². The van der Waals surface area contributed by atoms with Crippen molar-refractivity contribution in [1.82, 2.24) is 9.80 Å². The van der Waals surface area contributed by atoms with Crippen LogP contribution in [0.15, 0.2) is 30.3 Å². The summed E-state index contributed by atoms with van der Waals surface area (Å²) in [6, 6.07) is 10.1. The van der Waals surface area contributed by atoms with Gasteiger partial charge in [0, 0.05) is 39.3 Å². The van der Waals surface area contributed by atoms with Crippen molar-refractivity contribution >= 4 is 0 Å². The van der Waals surface area contributed by atoms with E-state index in [9.17, 15) is 5.11 Å². The van der Waals surface area contributed by atoms with E-state index in [0.717, 1.165) is 44.2 Å². The highest BCUT2D eigenvalue weighted by atomic mass is 16.5. The van der Waals surface area contributed by atoms with Crippen LogP contribution in [0.1, 0.15) is 37.7 Å². The zero-order valence-electron chi connectivity index (χ0n) is 15.5. The molecular weight excluding hydrogens is 312 g/mol. The summed E-state index contributed by atoms with van der Waals surface area (Å²) in [5.74, 6) is 0.928. The van der Waals surface area contributed by atoms with Crippen LogP contribution in [0, 0.1) is 5.92 Å². The van der Waals surface area contributed by atoms with Crippen LogP contribution in [0.4, 0.5) is 0 Å². The van der Waals surface area contributed by atoms with E-state index in [-0.39, 0.29) is 0 Å². The highest BCUT2D eigenvalue weighted by Crippen LogP contribution is 2.24. The lowest BCUT2D eigenvalue weighted by atomic mass is 9.89. The van der Waals surface area contributed by atoms with Crippen molar-refractivity contribution in [2.24, 2.45) is 5.92 Å². The van der Waals surface area contributed by atoms with Crippen molar-refractivity contribution in [1.29, 1.82) is 0 Å². The Bertz CT molecular complexity index is 468. The fourth-order valence-corrected chi connectivity index (χ4v) is 4.13. The van der Waals surface area contributed by atoms with Crippen molar-refractivity contribution in [3.8, 4) is 0 Å². The molecule has 1 saturated carbocycles. The lowest BCUT2D eigenvalue weighted by molar-refractivity contribution is 0.0000783. The topological polar surface area (TPSA) is 35.9 Å². The number of aliphatic hydroxyl groups excluding tert-OH is 1. The number of hydrogen-bond acceptors (Lipinski definition) is 4. The first-order valence-corrected chi connectivity index (χ1v) is 10.0. The minimum atomic E-state index is -0.395. The molecule has 1 aliphatic carbocycles. The summed E-state index contributed by atoms with van der Waals surface area (Å²) in [5.41, 5.74) is 1.16. The van der Waals surface area contributed by atoms with Gasteiger partial charge in [0.25, 0.3) is 0 Å². The third kappa shape index (κ3) is 6.70. The van der Waals surface area contributed by atoms with E-state index in [1.54, 1.807) is 0 Å². The second kappa shape index (κ2) is 10.3. The van der Waals surface area contributed by atoms with Crippen LogP contribution in [0.3, 0.4) is 0 Å². The number of aliphatic hydroxyl groups is 1. The molecule has 1 atom stereocenters. The maximum Gasteiger partial charge on any atom is 0.0900 e. The van der Waals surface area contributed by atoms with E-state index >= 15 is 0 Å². The van der Waals surface area contributed by atoms with Crippen LogP contribution in [0.5, 0.6) is 0 Å². The van der Waals surface area contributed by atoms with E-state index in [4.69, 9.17) is 4.74 Å². The van der Waals surface area contributed by atoms with Crippen LogP contribution < -0.4 is 0 Å². The number of benzene rings is 1. The summed E-state index contributed by atoms with van der Waals surface area (Å²) < 4.78 is 5.66. The van der Waals surface area contributed by atoms with Gasteiger partial charge >= 0.3 is 0 Å². The fraction of sp³-hybridized carbons (Fsp3) is 0.714. The molecule has 0 bridgehead atoms. The normalized spacial score (nSPS) is 22.1. The van der Waals surface area contributed by atoms with Gasteiger partial charge in [0.1, 0.15) is 0 Å². The standard InChI is InChI=1S/C21H34N2O2/c24-21(18-25-17-20-9-5-2-6-10-20)16-23-13-11-22(12-14-23)15-19-7-3-1-4-8-19/h2,5-6,9-10,19,21,24H,1,3-4,7-8,11-18H2. The molecule has 0 radical (unpaired) electrons. The smallest absolute Gasteiger partial charge is 0.0900 e. The number of piperazine rings is 1. The van der Waals surface area contributed by atoms with Crippen LogP contribution in [-0.4, -0.2) is 66.9 Å². The largest absolute Gasteiger partial charge is 0.389 e. The summed E-state index contributed by atoms with van der Waals surface area (Å²) in [7, 11) is 0. The fourth-order valence-electron chi connectivity index (χ4n) is 4.13. The molecule has 25 heavy (non-hydrogen) atoms. The van der Waals surface area contributed by atoms with E-state index in [0.29, 0.717) is 13.2 Å². The van der Waals surface area contributed by atoms with Crippen LogP contribution >= 0.6 is 0 Å². The van der Waals surface area contributed by atoms with E-state index in [2.05, 4.69) is 21.9 Å². The Morgan fingerprint density at radius 3 is 2.36 bits per heavy atom. The first kappa shape index (κ1) is 18.8. The molecule has 4 heteroatoms. The summed E-state index contributed by atoms with van der Waals surface area (Å²) in [6.07, 6.45) is 6.76. The highest BCUT2D eigenvalue weighted by Gasteiger charge is 2.22. The molecule has 4 nitrogen and oxygen atoms in total. The van der Waals surface area contributed by atoms with Gasteiger partial charge in [0.05, 0.1) is 19.3 Å². The van der Waals surface area contributed by atoms with E-state index in [1.165, 1.54) is 38.6 Å². The molecule has 1 aromatic carbocycles. The predicted molar refractivity (Wildman–Crippen MR) is 102 cm³/mol. The molecule has 0 spiro atoms. The lowest BCUT2D eigenvalue weighted by Crippen LogP contribution is -2.50. The molecule has 1 heterocycles. The molecule has 140 valence electrons. The van der Waals surface area contributed by atoms with Gasteiger partial charge in [0.15, 0.2) is 0 Å². The van der Waals surface area contributed by atoms with Crippen LogP contribution in [0.2, 0.25) is 0 Å². The summed E-state index contributed by atoms with van der Waals surface area (Å²) in [6.45, 7) is 7.44. The number of rotatable bonds is 8. The van der Waals surface area contributed by atoms with Gasteiger partial charge in [0.2, 0.25) is 0 Å². The van der Waals surface area contributed by atoms with Gasteiger partial charge in [-0.1, -0.05) is 49.6 Å². The van der Waals surface area contributed by atoms with Crippen molar-refractivity contribution in [3.05, 3.63) is 35.9 Å². The van der Waals surface area contributed by atoms with Gasteiger partial charge in [-0.15, -0.1) is 0 Å². The molecule has 2 fully saturated rings. The van der Waals surface area contributed by atoms with Gasteiger partial charge in [-0.05, 0) is 24.3 Å². The molecule has 1 saturated heterocycles. The van der Waals surface area contributed by atoms with Crippen molar-refractivity contribution in [2.75, 3.05) is 45.9 Å². The molecule has 1 N–H and O–H groups in total. The highest BCUT2D eigenvalue weighted by molar-refractivity contribution is 5.13. The summed E-state index contributed by atoms with van der Waals surface area (Å²) in [5, 5.41) is 10.2. The quantitative estimate of drug-likeness (QED) is 0.785. The Labute approximate surface area is 152 Å². The molecule has 2 aliphatic rings. The summed E-state index contributed by atoms with van der Waals surface area (Å²) >= 11 is 0. The average molecular weight is 347 g/mol. The second-order valence-corrected chi connectivity index (χ2v) is 7.76. The molecular formula is C21H34N2O2. The van der Waals surface area contributed by atoms with Crippen LogP contribution in [0.25, 0.3) is 0 Å². The first-order valence-electron chi connectivity index (χ1n) is 10.0. The van der Waals surface area contributed by atoms with Gasteiger partial charge in [-0.2, -0.15) is 0 Å². The average Bonchev–Trinajstić information content (AvgIpc) is 2.65. The Morgan fingerprint density at radius 1 is 0.960 bits per heavy atom. The number of ether oxygens (including phenoxy) is 1. The third-order valence-electron chi connectivity index (χ3n) is 5.60. The Balaban J connectivity index is 1.27. The Morgan fingerprint density at radius 2 is 1.64 bits per heavy atom. The summed E-state index contributed by atoms with van der Waals surface area (Å²) in [4.78, 5) is 5.01. The molecule has 0 aromatic heterocycles. The zero-order chi connectivity index (χ0) is 17.3. The van der Waals surface area contributed by atoms with E-state index < -0.39 is 6.10 Å². The first-order chi connectivity index (χ1) is 12.3. The molecule has 1 aliphatic heterocycles. The SMILES string of the molecule is OC(COCc1ccccc1)CN1CCN(CC2CCCCC2)CC1. The third-order valence-corrected chi connectivity index (χ3v) is 5.60. The van der Waals surface area contributed by atoms with Crippen LogP contribution in [-0.2, 0) is 11.3 Å². The molecule has 3 rings (SSSR count). The Kier molecular flexibility index (Phi) is 7.74. The number of β-amino-alcohol motifs (C(OH)–C–C–N with tert-alkyl or cyclic N) is 1. The number of hydrogen-bond donors (Lipinski definition) is 1. The zero-order valence-corrected chi connectivity index (χ0v) is 15.5. The Hall–Kier alpha value is -0.940. The minimum absolute atomic E-state index is 0.395.